The van der Waals surface area contributed by atoms with Crippen molar-refractivity contribution in [3.8, 4) is 11.5 Å². The van der Waals surface area contributed by atoms with Crippen molar-refractivity contribution in [2.45, 2.75) is 6.18 Å². The molecule has 0 unspecified atom stereocenters. The Morgan fingerprint density at radius 1 is 1.05 bits per heavy atom. The number of benzene rings is 3. The lowest BCUT2D eigenvalue weighted by atomic mass is 10.1. The zero-order valence-electron chi connectivity index (χ0n) is 18.9. The maximum Gasteiger partial charge on any atom is 0.416 e. The van der Waals surface area contributed by atoms with Gasteiger partial charge in [-0.05, 0) is 63.6 Å². The molecule has 2 amide bonds. The Hall–Kier alpha value is -3.97. The molecule has 8 nitrogen and oxygen atoms in total. The van der Waals surface area contributed by atoms with Crippen molar-refractivity contribution in [3.05, 3.63) is 103 Å². The molecule has 4 rings (SSSR count). The van der Waals surface area contributed by atoms with E-state index in [1.54, 1.807) is 30.3 Å². The fourth-order valence-electron chi connectivity index (χ4n) is 3.38. The van der Waals surface area contributed by atoms with Gasteiger partial charge in [0, 0.05) is 11.6 Å². The Morgan fingerprint density at radius 3 is 2.37 bits per heavy atom. The summed E-state index contributed by atoms with van der Waals surface area (Å²) in [7, 11) is 0. The van der Waals surface area contributed by atoms with E-state index in [1.165, 1.54) is 24.3 Å². The van der Waals surface area contributed by atoms with Crippen LogP contribution in [0.3, 0.4) is 0 Å². The van der Waals surface area contributed by atoms with Crippen molar-refractivity contribution < 1.29 is 37.2 Å². The summed E-state index contributed by atoms with van der Waals surface area (Å²) < 4.78 is 44.6. The van der Waals surface area contributed by atoms with Crippen LogP contribution < -0.4 is 4.74 Å². The predicted octanol–water partition coefficient (Wildman–Crippen LogP) is 7.09. The van der Waals surface area contributed by atoms with Gasteiger partial charge in [-0.3, -0.25) is 29.4 Å². The van der Waals surface area contributed by atoms with E-state index in [1.807, 2.05) is 0 Å². The maximum absolute atomic E-state index is 12.9. The number of Topliss-reactive ketones (excluding diaryl/α,β-unsaturated/α-hetero) is 1. The van der Waals surface area contributed by atoms with Gasteiger partial charge in [-0.1, -0.05) is 36.4 Å². The van der Waals surface area contributed by atoms with Gasteiger partial charge in [-0.15, -0.1) is 0 Å². The first kappa shape index (κ1) is 27.1. The SMILES string of the molecule is O=C(CN1C(=O)S/C(=C/c2ccc(Oc3ccc(C(F)(F)F)cc3[N+](=O)[O-])c(Br)c2)C1=O)c1ccccc1. The van der Waals surface area contributed by atoms with Crippen LogP contribution in [-0.4, -0.2) is 33.3 Å². The zero-order chi connectivity index (χ0) is 27.6. The van der Waals surface area contributed by atoms with Crippen LogP contribution in [0.1, 0.15) is 21.5 Å². The van der Waals surface area contributed by atoms with Gasteiger partial charge >= 0.3 is 11.9 Å². The summed E-state index contributed by atoms with van der Waals surface area (Å²) in [4.78, 5) is 48.8. The summed E-state index contributed by atoms with van der Waals surface area (Å²) in [5, 5.41) is 10.7. The molecule has 0 aliphatic carbocycles. The minimum absolute atomic E-state index is 0.0616. The molecule has 0 atom stereocenters. The summed E-state index contributed by atoms with van der Waals surface area (Å²) in [6.07, 6.45) is -3.34. The molecule has 38 heavy (non-hydrogen) atoms. The van der Waals surface area contributed by atoms with Gasteiger partial charge in [0.15, 0.2) is 5.78 Å². The van der Waals surface area contributed by atoms with Crippen molar-refractivity contribution >= 4 is 56.4 Å². The van der Waals surface area contributed by atoms with Crippen molar-refractivity contribution in [2.24, 2.45) is 0 Å². The zero-order valence-corrected chi connectivity index (χ0v) is 21.3. The Kier molecular flexibility index (Phi) is 7.69. The Balaban J connectivity index is 1.52. The van der Waals surface area contributed by atoms with Gasteiger partial charge in [-0.25, -0.2) is 0 Å². The lowest BCUT2D eigenvalue weighted by molar-refractivity contribution is -0.385. The summed E-state index contributed by atoms with van der Waals surface area (Å²) in [5.41, 5.74) is -1.24. The first-order valence-electron chi connectivity index (χ1n) is 10.6. The average Bonchev–Trinajstić information content (AvgIpc) is 3.12. The number of nitrogens with zero attached hydrogens (tertiary/aromatic N) is 2. The second kappa shape index (κ2) is 10.8. The highest BCUT2D eigenvalue weighted by Gasteiger charge is 2.36. The first-order chi connectivity index (χ1) is 17.9. The average molecular weight is 607 g/mol. The molecule has 0 aromatic heterocycles. The molecule has 0 spiro atoms. The van der Waals surface area contributed by atoms with Crippen LogP contribution in [0.5, 0.6) is 11.5 Å². The number of imide groups is 1. The van der Waals surface area contributed by atoms with E-state index in [2.05, 4.69) is 15.9 Å². The number of hydrogen-bond donors (Lipinski definition) is 0. The molecule has 0 saturated carbocycles. The number of rotatable bonds is 7. The van der Waals surface area contributed by atoms with Crippen LogP contribution in [0.15, 0.2) is 76.1 Å². The number of ether oxygens (including phenoxy) is 1. The fourth-order valence-corrected chi connectivity index (χ4v) is 4.69. The second-order valence-corrected chi connectivity index (χ2v) is 9.63. The summed E-state index contributed by atoms with van der Waals surface area (Å²) in [6, 6.07) is 14.5. The van der Waals surface area contributed by atoms with Crippen molar-refractivity contribution in [2.75, 3.05) is 6.54 Å². The van der Waals surface area contributed by atoms with Crippen molar-refractivity contribution in [3.63, 3.8) is 0 Å². The van der Waals surface area contributed by atoms with E-state index in [4.69, 9.17) is 4.74 Å². The quantitative estimate of drug-likeness (QED) is 0.122. The molecule has 0 N–H and O–H groups in total. The summed E-state index contributed by atoms with van der Waals surface area (Å²) >= 11 is 3.91. The molecule has 1 aliphatic heterocycles. The molecule has 0 bridgehead atoms. The van der Waals surface area contributed by atoms with Crippen LogP contribution in [-0.2, 0) is 11.0 Å². The highest BCUT2D eigenvalue weighted by molar-refractivity contribution is 9.10. The normalized spacial score (nSPS) is 14.7. The molecule has 1 saturated heterocycles. The number of alkyl halides is 3. The molecule has 194 valence electrons. The molecule has 3 aromatic rings. The van der Waals surface area contributed by atoms with E-state index in [-0.39, 0.29) is 15.1 Å². The standard InChI is InChI=1S/C25H14BrF3N2O6S/c26-17-10-14(6-8-20(17)37-21-9-7-16(25(27,28)29)12-18(21)31(35)36)11-22-23(33)30(24(34)38-22)13-19(32)15-4-2-1-3-5-15/h1-12H,13H2/b22-11+. The third kappa shape index (κ3) is 5.94. The second-order valence-electron chi connectivity index (χ2n) is 7.79. The molecular formula is C25H14BrF3N2O6S. The Labute approximate surface area is 225 Å². The minimum Gasteiger partial charge on any atom is -0.449 e. The van der Waals surface area contributed by atoms with Crippen molar-refractivity contribution in [1.82, 2.24) is 4.90 Å². The number of thioether (sulfide) groups is 1. The van der Waals surface area contributed by atoms with E-state index in [9.17, 15) is 37.7 Å². The predicted molar refractivity (Wildman–Crippen MR) is 136 cm³/mol. The topological polar surface area (TPSA) is 107 Å². The lowest BCUT2D eigenvalue weighted by Crippen LogP contribution is -2.33. The van der Waals surface area contributed by atoms with Crippen LogP contribution >= 0.6 is 27.7 Å². The number of carbonyl (C=O) groups is 3. The van der Waals surface area contributed by atoms with Gasteiger partial charge in [0.05, 0.1) is 26.4 Å². The van der Waals surface area contributed by atoms with Crippen LogP contribution in [0.25, 0.3) is 6.08 Å². The van der Waals surface area contributed by atoms with Gasteiger partial charge in [-0.2, -0.15) is 13.2 Å². The van der Waals surface area contributed by atoms with E-state index in [0.29, 0.717) is 35.0 Å². The van der Waals surface area contributed by atoms with Gasteiger partial charge < -0.3 is 4.74 Å². The van der Waals surface area contributed by atoms with E-state index in [0.717, 1.165) is 11.0 Å². The van der Waals surface area contributed by atoms with Gasteiger partial charge in [0.25, 0.3) is 11.1 Å². The largest absolute Gasteiger partial charge is 0.449 e. The number of amides is 2. The van der Waals surface area contributed by atoms with Crippen molar-refractivity contribution in [1.29, 1.82) is 0 Å². The van der Waals surface area contributed by atoms with Crippen LogP contribution in [0.2, 0.25) is 0 Å². The van der Waals surface area contributed by atoms with E-state index < -0.39 is 51.6 Å². The Bertz CT molecular complexity index is 1490. The molecule has 1 fully saturated rings. The molecule has 0 radical (unpaired) electrons. The fraction of sp³-hybridized carbons (Fsp3) is 0.0800. The van der Waals surface area contributed by atoms with E-state index >= 15 is 0 Å². The third-order valence-electron chi connectivity index (χ3n) is 5.23. The lowest BCUT2D eigenvalue weighted by Gasteiger charge is -2.12. The number of halogens is 4. The van der Waals surface area contributed by atoms with Crippen LogP contribution in [0, 0.1) is 10.1 Å². The maximum atomic E-state index is 12.9. The summed E-state index contributed by atoms with van der Waals surface area (Å²) in [6.45, 7) is -0.408. The Morgan fingerprint density at radius 2 is 1.74 bits per heavy atom. The minimum atomic E-state index is -4.76. The molecule has 13 heteroatoms. The van der Waals surface area contributed by atoms with Gasteiger partial charge in [0.2, 0.25) is 5.75 Å². The molecular weight excluding hydrogens is 593 g/mol. The van der Waals surface area contributed by atoms with Gasteiger partial charge in [0.1, 0.15) is 5.75 Å². The smallest absolute Gasteiger partial charge is 0.416 e. The monoisotopic (exact) mass is 606 g/mol. The number of hydrogen-bond acceptors (Lipinski definition) is 7. The number of ketones is 1. The highest BCUT2D eigenvalue weighted by Crippen LogP contribution is 2.40. The molecule has 1 heterocycles. The number of carbonyl (C=O) groups excluding carboxylic acids is 3. The highest BCUT2D eigenvalue weighted by atomic mass is 79.9. The number of nitro groups is 1. The molecule has 3 aromatic carbocycles. The van der Waals surface area contributed by atoms with Crippen LogP contribution in [0.4, 0.5) is 23.7 Å². The number of nitro benzene ring substituents is 1. The molecule has 1 aliphatic rings. The summed E-state index contributed by atoms with van der Waals surface area (Å²) in [5.74, 6) is -1.37. The first-order valence-corrected chi connectivity index (χ1v) is 12.2. The third-order valence-corrected chi connectivity index (χ3v) is 6.75.